The Kier molecular flexibility index (Phi) is 5.48. The number of rotatable bonds is 5. The zero-order chi connectivity index (χ0) is 18.0. The van der Waals surface area contributed by atoms with Gasteiger partial charge in [-0.15, -0.1) is 0 Å². The van der Waals surface area contributed by atoms with E-state index in [4.69, 9.17) is 14.2 Å². The molecule has 1 N–H and O–H groups in total. The van der Waals surface area contributed by atoms with E-state index in [1.807, 2.05) is 6.92 Å². The first-order chi connectivity index (χ1) is 12.0. The number of carbonyl (C=O) groups excluding carboxylic acids is 1. The van der Waals surface area contributed by atoms with Gasteiger partial charge in [0.05, 0.1) is 5.69 Å². The first-order valence-corrected chi connectivity index (χ1v) is 9.08. The van der Waals surface area contributed by atoms with Crippen molar-refractivity contribution >= 4 is 43.5 Å². The molecule has 0 fully saturated rings. The lowest BCUT2D eigenvalue weighted by Gasteiger charge is -2.18. The van der Waals surface area contributed by atoms with Crippen LogP contribution in [0.25, 0.3) is 0 Å². The van der Waals surface area contributed by atoms with Crippen molar-refractivity contribution in [1.82, 2.24) is 0 Å². The summed E-state index contributed by atoms with van der Waals surface area (Å²) in [4.78, 5) is 12.5. The first kappa shape index (κ1) is 18.0. The number of fused-ring (bicyclic) bond motifs is 1. The minimum atomic E-state index is -0.718. The highest BCUT2D eigenvalue weighted by Crippen LogP contribution is 2.36. The van der Waals surface area contributed by atoms with Crippen molar-refractivity contribution in [3.05, 3.63) is 45.1 Å². The molecule has 0 bridgehead atoms. The van der Waals surface area contributed by atoms with Gasteiger partial charge in [0.1, 0.15) is 11.6 Å². The Morgan fingerprint density at radius 1 is 1.24 bits per heavy atom. The molecular weight excluding hydrogens is 461 g/mol. The predicted octanol–water partition coefficient (Wildman–Crippen LogP) is 4.88. The summed E-state index contributed by atoms with van der Waals surface area (Å²) in [7, 11) is 0. The number of nitrogens with one attached hydrogen (secondary N) is 1. The van der Waals surface area contributed by atoms with Gasteiger partial charge in [0.15, 0.2) is 17.6 Å². The summed E-state index contributed by atoms with van der Waals surface area (Å²) in [6, 6.07) is 7.69. The fourth-order valence-electron chi connectivity index (χ4n) is 2.30. The molecule has 25 heavy (non-hydrogen) atoms. The molecule has 0 radical (unpaired) electrons. The third-order valence-corrected chi connectivity index (χ3v) is 4.79. The molecular formula is C17H14Br2FNO4. The molecule has 0 aromatic heterocycles. The number of anilines is 1. The maximum absolute atomic E-state index is 13.3. The number of ether oxygens (including phenoxy) is 3. The predicted molar refractivity (Wildman–Crippen MR) is 97.7 cm³/mol. The summed E-state index contributed by atoms with van der Waals surface area (Å²) in [5.41, 5.74) is 0.444. The fourth-order valence-corrected chi connectivity index (χ4v) is 3.63. The average molecular weight is 475 g/mol. The van der Waals surface area contributed by atoms with E-state index in [1.54, 1.807) is 18.2 Å². The second-order valence-corrected chi connectivity index (χ2v) is 6.97. The van der Waals surface area contributed by atoms with Gasteiger partial charge in [0, 0.05) is 15.0 Å². The smallest absolute Gasteiger partial charge is 0.265 e. The Balaban J connectivity index is 1.74. The quantitative estimate of drug-likeness (QED) is 0.671. The monoisotopic (exact) mass is 473 g/mol. The maximum atomic E-state index is 13.3. The molecule has 1 amide bonds. The minimum Gasteiger partial charge on any atom is -0.480 e. The molecule has 1 unspecified atom stereocenters. The minimum absolute atomic E-state index is 0.170. The van der Waals surface area contributed by atoms with Crippen LogP contribution in [0.5, 0.6) is 17.2 Å². The topological polar surface area (TPSA) is 56.8 Å². The second-order valence-electron chi connectivity index (χ2n) is 5.26. The van der Waals surface area contributed by atoms with Crippen molar-refractivity contribution in [3.63, 3.8) is 0 Å². The number of amides is 1. The molecule has 0 saturated carbocycles. The molecule has 2 aromatic carbocycles. The number of carbonyl (C=O) groups is 1. The molecule has 0 aliphatic carbocycles. The van der Waals surface area contributed by atoms with E-state index >= 15 is 0 Å². The van der Waals surface area contributed by atoms with Crippen LogP contribution < -0.4 is 19.5 Å². The zero-order valence-corrected chi connectivity index (χ0v) is 16.3. The average Bonchev–Trinajstić information content (AvgIpc) is 3.03. The summed E-state index contributed by atoms with van der Waals surface area (Å²) < 4.78 is 30.5. The molecule has 5 nitrogen and oxygen atoms in total. The molecule has 1 aliphatic rings. The van der Waals surface area contributed by atoms with Gasteiger partial charge in [-0.1, -0.05) is 6.92 Å². The van der Waals surface area contributed by atoms with E-state index < -0.39 is 11.9 Å². The lowest BCUT2D eigenvalue weighted by Crippen LogP contribution is -2.32. The van der Waals surface area contributed by atoms with Crippen molar-refractivity contribution in [3.8, 4) is 17.2 Å². The maximum Gasteiger partial charge on any atom is 0.265 e. The largest absolute Gasteiger partial charge is 0.480 e. The van der Waals surface area contributed by atoms with Crippen LogP contribution in [-0.4, -0.2) is 18.8 Å². The van der Waals surface area contributed by atoms with Gasteiger partial charge in [0.25, 0.3) is 5.91 Å². The van der Waals surface area contributed by atoms with E-state index in [9.17, 15) is 9.18 Å². The Hall–Kier alpha value is -1.80. The summed E-state index contributed by atoms with van der Waals surface area (Å²) in [5.74, 6) is 0.970. The van der Waals surface area contributed by atoms with Gasteiger partial charge in [-0.2, -0.15) is 0 Å². The van der Waals surface area contributed by atoms with E-state index in [2.05, 4.69) is 37.2 Å². The van der Waals surface area contributed by atoms with Crippen LogP contribution in [0.15, 0.2) is 39.3 Å². The van der Waals surface area contributed by atoms with Crippen molar-refractivity contribution in [2.75, 3.05) is 12.1 Å². The van der Waals surface area contributed by atoms with Crippen LogP contribution in [0, 0.1) is 5.82 Å². The first-order valence-electron chi connectivity index (χ1n) is 7.49. The van der Waals surface area contributed by atoms with Crippen LogP contribution in [0.4, 0.5) is 10.1 Å². The van der Waals surface area contributed by atoms with E-state index in [0.717, 1.165) is 0 Å². The second kappa shape index (κ2) is 7.61. The summed E-state index contributed by atoms with van der Waals surface area (Å²) >= 11 is 6.48. The summed E-state index contributed by atoms with van der Waals surface area (Å²) in [6.07, 6.45) is -0.263. The van der Waals surface area contributed by atoms with E-state index in [0.29, 0.717) is 38.3 Å². The van der Waals surface area contributed by atoms with E-state index in [1.165, 1.54) is 12.1 Å². The number of halogens is 3. The summed E-state index contributed by atoms with van der Waals surface area (Å²) in [5, 5.41) is 2.75. The van der Waals surface area contributed by atoms with Crippen LogP contribution in [0.3, 0.4) is 0 Å². The molecule has 1 heterocycles. The van der Waals surface area contributed by atoms with Gasteiger partial charge >= 0.3 is 0 Å². The Bertz CT molecular complexity index is 792. The molecule has 0 saturated heterocycles. The third kappa shape index (κ3) is 4.07. The van der Waals surface area contributed by atoms with Crippen LogP contribution >= 0.6 is 31.9 Å². The lowest BCUT2D eigenvalue weighted by molar-refractivity contribution is -0.122. The van der Waals surface area contributed by atoms with E-state index in [-0.39, 0.29) is 12.7 Å². The molecule has 2 aromatic rings. The van der Waals surface area contributed by atoms with Crippen molar-refractivity contribution in [2.24, 2.45) is 0 Å². The normalized spacial score (nSPS) is 13.4. The Labute approximate surface area is 160 Å². The number of hydrogen-bond acceptors (Lipinski definition) is 4. The zero-order valence-electron chi connectivity index (χ0n) is 13.1. The molecule has 3 rings (SSSR count). The molecule has 132 valence electrons. The van der Waals surface area contributed by atoms with Crippen molar-refractivity contribution in [1.29, 1.82) is 0 Å². The van der Waals surface area contributed by atoms with Crippen LogP contribution in [0.1, 0.15) is 13.3 Å². The van der Waals surface area contributed by atoms with Crippen molar-refractivity contribution < 1.29 is 23.4 Å². The van der Waals surface area contributed by atoms with Crippen LogP contribution in [0.2, 0.25) is 0 Å². The van der Waals surface area contributed by atoms with Gasteiger partial charge in [0.2, 0.25) is 6.79 Å². The van der Waals surface area contributed by atoms with Gasteiger partial charge < -0.3 is 19.5 Å². The highest BCUT2D eigenvalue weighted by molar-refractivity contribution is 9.11. The fraction of sp³-hybridized carbons (Fsp3) is 0.235. The van der Waals surface area contributed by atoms with Crippen molar-refractivity contribution in [2.45, 2.75) is 19.4 Å². The molecule has 1 atom stereocenters. The van der Waals surface area contributed by atoms with Gasteiger partial charge in [-0.25, -0.2) is 4.39 Å². The lowest BCUT2D eigenvalue weighted by atomic mass is 10.2. The van der Waals surface area contributed by atoms with Gasteiger partial charge in [-0.05, 0) is 62.5 Å². The SMILES string of the molecule is CCC(Oc1ccc2c(c1)OCO2)C(=O)Nc1c(Br)cc(F)cc1Br. The third-order valence-electron chi connectivity index (χ3n) is 3.54. The number of hydrogen-bond donors (Lipinski definition) is 1. The Morgan fingerprint density at radius 2 is 1.92 bits per heavy atom. The number of benzene rings is 2. The van der Waals surface area contributed by atoms with Gasteiger partial charge in [-0.3, -0.25) is 4.79 Å². The Morgan fingerprint density at radius 3 is 2.60 bits per heavy atom. The highest BCUT2D eigenvalue weighted by atomic mass is 79.9. The highest BCUT2D eigenvalue weighted by Gasteiger charge is 2.22. The molecule has 0 spiro atoms. The summed E-state index contributed by atoms with van der Waals surface area (Å²) in [6.45, 7) is 2.01. The molecule has 1 aliphatic heterocycles. The standard InChI is InChI=1S/C17H14Br2FNO4/c1-2-13(25-10-3-4-14-15(7-10)24-8-23-14)17(22)21-16-11(18)5-9(20)6-12(16)19/h3-7,13H,2,8H2,1H3,(H,21,22). The van der Waals surface area contributed by atoms with Crippen LogP contribution in [-0.2, 0) is 4.79 Å². The molecule has 8 heteroatoms.